The molecule has 17 heavy (non-hydrogen) atoms. The van der Waals surface area contributed by atoms with Crippen LogP contribution in [0.3, 0.4) is 0 Å². The van der Waals surface area contributed by atoms with E-state index in [1.54, 1.807) is 0 Å². The molecule has 92 valence electrons. The Bertz CT molecular complexity index is 556. The molecule has 0 aliphatic carbocycles. The maximum Gasteiger partial charge on any atom is 0.136 e. The first-order chi connectivity index (χ1) is 7.91. The van der Waals surface area contributed by atoms with Crippen LogP contribution in [0.1, 0.15) is 35.7 Å². The highest BCUT2D eigenvalue weighted by Crippen LogP contribution is 2.29. The summed E-state index contributed by atoms with van der Waals surface area (Å²) >= 11 is 2.22. The van der Waals surface area contributed by atoms with Crippen molar-refractivity contribution in [2.45, 2.75) is 33.7 Å². The molecule has 0 fully saturated rings. The van der Waals surface area contributed by atoms with Crippen molar-refractivity contribution in [3.63, 3.8) is 0 Å². The van der Waals surface area contributed by atoms with Crippen LogP contribution in [-0.4, -0.2) is 9.78 Å². The quantitative estimate of drug-likeness (QED) is 0.851. The Morgan fingerprint density at radius 2 is 2.06 bits per heavy atom. The fraction of sp³-hybridized carbons (Fsp3) is 0.417. The fourth-order valence-electron chi connectivity index (χ4n) is 2.04. The lowest BCUT2D eigenvalue weighted by atomic mass is 10.1. The van der Waals surface area contributed by atoms with Crippen molar-refractivity contribution >= 4 is 28.4 Å². The maximum atomic E-state index is 6.06. The molecule has 0 aromatic carbocycles. The average molecular weight is 345 g/mol. The van der Waals surface area contributed by atoms with Crippen molar-refractivity contribution in [2.75, 3.05) is 5.73 Å². The standard InChI is InChI=1S/C12H16IN3O/c1-6-5-10(9(4)17-6)8(3)16-12(14)11(13)7(2)15-16/h5,8H,14H2,1-4H3. The van der Waals surface area contributed by atoms with Gasteiger partial charge in [0.05, 0.1) is 15.3 Å². The number of anilines is 1. The van der Waals surface area contributed by atoms with Crippen LogP contribution in [0.15, 0.2) is 10.5 Å². The average Bonchev–Trinajstić information content (AvgIpc) is 2.72. The fourth-order valence-corrected chi connectivity index (χ4v) is 2.39. The highest BCUT2D eigenvalue weighted by Gasteiger charge is 2.19. The van der Waals surface area contributed by atoms with Crippen LogP contribution in [0.4, 0.5) is 5.82 Å². The van der Waals surface area contributed by atoms with E-state index in [1.165, 1.54) is 0 Å². The van der Waals surface area contributed by atoms with Crippen molar-refractivity contribution in [2.24, 2.45) is 0 Å². The van der Waals surface area contributed by atoms with Crippen LogP contribution in [0, 0.1) is 24.3 Å². The van der Waals surface area contributed by atoms with E-state index in [2.05, 4.69) is 34.6 Å². The predicted octanol–water partition coefficient (Wildman–Crippen LogP) is 3.20. The van der Waals surface area contributed by atoms with E-state index < -0.39 is 0 Å². The van der Waals surface area contributed by atoms with E-state index in [0.717, 1.165) is 26.3 Å². The number of rotatable bonds is 2. The number of nitrogens with two attached hydrogens (primary N) is 1. The van der Waals surface area contributed by atoms with Crippen molar-refractivity contribution in [3.8, 4) is 0 Å². The molecule has 2 aromatic heterocycles. The second-order valence-corrected chi connectivity index (χ2v) is 5.35. The number of hydrogen-bond donors (Lipinski definition) is 1. The topological polar surface area (TPSA) is 57.0 Å². The van der Waals surface area contributed by atoms with Gasteiger partial charge in [0.1, 0.15) is 17.3 Å². The smallest absolute Gasteiger partial charge is 0.136 e. The molecule has 0 spiro atoms. The molecule has 0 saturated heterocycles. The lowest BCUT2D eigenvalue weighted by Crippen LogP contribution is -2.12. The lowest BCUT2D eigenvalue weighted by molar-refractivity contribution is 0.488. The van der Waals surface area contributed by atoms with Gasteiger partial charge in [0.2, 0.25) is 0 Å². The molecular formula is C12H16IN3O. The number of halogens is 1. The summed E-state index contributed by atoms with van der Waals surface area (Å²) in [6, 6.07) is 2.14. The first-order valence-electron chi connectivity index (χ1n) is 5.48. The zero-order valence-electron chi connectivity index (χ0n) is 10.4. The van der Waals surface area contributed by atoms with Gasteiger partial charge in [-0.3, -0.25) is 0 Å². The van der Waals surface area contributed by atoms with E-state index in [9.17, 15) is 0 Å². The molecule has 0 saturated carbocycles. The highest BCUT2D eigenvalue weighted by molar-refractivity contribution is 14.1. The van der Waals surface area contributed by atoms with Crippen molar-refractivity contribution < 1.29 is 4.42 Å². The minimum Gasteiger partial charge on any atom is -0.466 e. The molecular weight excluding hydrogens is 329 g/mol. The van der Waals surface area contributed by atoms with Crippen molar-refractivity contribution in [3.05, 3.63) is 32.4 Å². The second kappa shape index (κ2) is 4.36. The van der Waals surface area contributed by atoms with Gasteiger partial charge in [-0.25, -0.2) is 4.68 Å². The number of aromatic nitrogens is 2. The lowest BCUT2D eigenvalue weighted by Gasteiger charge is -2.13. The Morgan fingerprint density at radius 3 is 2.47 bits per heavy atom. The van der Waals surface area contributed by atoms with Gasteiger partial charge < -0.3 is 10.2 Å². The number of furan rings is 1. The zero-order valence-corrected chi connectivity index (χ0v) is 12.6. The van der Waals surface area contributed by atoms with Gasteiger partial charge in [0, 0.05) is 5.56 Å². The predicted molar refractivity (Wildman–Crippen MR) is 76.1 cm³/mol. The minimum atomic E-state index is 0.0923. The third-order valence-electron chi connectivity index (χ3n) is 2.94. The molecule has 1 atom stereocenters. The maximum absolute atomic E-state index is 6.06. The van der Waals surface area contributed by atoms with E-state index in [-0.39, 0.29) is 6.04 Å². The summed E-state index contributed by atoms with van der Waals surface area (Å²) in [4.78, 5) is 0. The monoisotopic (exact) mass is 345 g/mol. The molecule has 0 radical (unpaired) electrons. The van der Waals surface area contributed by atoms with Gasteiger partial charge in [0.25, 0.3) is 0 Å². The minimum absolute atomic E-state index is 0.0923. The molecule has 2 aromatic rings. The van der Waals surface area contributed by atoms with E-state index in [4.69, 9.17) is 10.2 Å². The summed E-state index contributed by atoms with van der Waals surface area (Å²) in [7, 11) is 0. The number of nitrogen functional groups attached to an aromatic ring is 1. The molecule has 2 rings (SSSR count). The Kier molecular flexibility index (Phi) is 3.20. The summed E-state index contributed by atoms with van der Waals surface area (Å²) < 4.78 is 8.43. The molecule has 4 nitrogen and oxygen atoms in total. The molecule has 2 N–H and O–H groups in total. The van der Waals surface area contributed by atoms with Gasteiger partial charge >= 0.3 is 0 Å². The Balaban J connectivity index is 2.47. The van der Waals surface area contributed by atoms with E-state index in [0.29, 0.717) is 5.82 Å². The second-order valence-electron chi connectivity index (χ2n) is 4.27. The van der Waals surface area contributed by atoms with Gasteiger partial charge in [-0.05, 0) is 56.4 Å². The number of aryl methyl sites for hydroxylation is 3. The van der Waals surface area contributed by atoms with Gasteiger partial charge in [-0.1, -0.05) is 0 Å². The first-order valence-corrected chi connectivity index (χ1v) is 6.56. The van der Waals surface area contributed by atoms with Crippen molar-refractivity contribution in [1.82, 2.24) is 9.78 Å². The van der Waals surface area contributed by atoms with Crippen LogP contribution in [0.25, 0.3) is 0 Å². The van der Waals surface area contributed by atoms with Crippen LogP contribution in [0.2, 0.25) is 0 Å². The SMILES string of the molecule is Cc1cc(C(C)n2nc(C)c(I)c2N)c(C)o1. The van der Waals surface area contributed by atoms with Crippen LogP contribution < -0.4 is 5.73 Å². The molecule has 5 heteroatoms. The number of hydrogen-bond acceptors (Lipinski definition) is 3. The molecule has 0 bridgehead atoms. The first kappa shape index (κ1) is 12.5. The van der Waals surface area contributed by atoms with E-state index in [1.807, 2.05) is 31.5 Å². The van der Waals surface area contributed by atoms with Crippen molar-refractivity contribution in [1.29, 1.82) is 0 Å². The third kappa shape index (κ3) is 2.08. The van der Waals surface area contributed by atoms with E-state index >= 15 is 0 Å². The Labute approximate surface area is 114 Å². The Hall–Kier alpha value is -0.980. The number of nitrogens with zero attached hydrogens (tertiary/aromatic N) is 2. The third-order valence-corrected chi connectivity index (χ3v) is 4.28. The molecule has 0 aliphatic rings. The summed E-state index contributed by atoms with van der Waals surface area (Å²) in [5.74, 6) is 2.56. The van der Waals surface area contributed by atoms with Gasteiger partial charge in [-0.2, -0.15) is 5.10 Å². The molecule has 0 aliphatic heterocycles. The highest BCUT2D eigenvalue weighted by atomic mass is 127. The van der Waals surface area contributed by atoms with Gasteiger partial charge in [-0.15, -0.1) is 0 Å². The summed E-state index contributed by atoms with van der Waals surface area (Å²) in [6.45, 7) is 7.96. The summed E-state index contributed by atoms with van der Waals surface area (Å²) in [5, 5.41) is 4.48. The largest absolute Gasteiger partial charge is 0.466 e. The summed E-state index contributed by atoms with van der Waals surface area (Å²) in [5.41, 5.74) is 8.16. The summed E-state index contributed by atoms with van der Waals surface area (Å²) in [6.07, 6.45) is 0. The zero-order chi connectivity index (χ0) is 12.7. The van der Waals surface area contributed by atoms with Crippen LogP contribution >= 0.6 is 22.6 Å². The van der Waals surface area contributed by atoms with Crippen LogP contribution in [-0.2, 0) is 0 Å². The van der Waals surface area contributed by atoms with Crippen LogP contribution in [0.5, 0.6) is 0 Å². The molecule has 2 heterocycles. The normalized spacial score (nSPS) is 13.0. The molecule has 0 amide bonds. The molecule has 1 unspecified atom stereocenters. The van der Waals surface area contributed by atoms with Gasteiger partial charge in [0.15, 0.2) is 0 Å². The Morgan fingerprint density at radius 1 is 1.41 bits per heavy atom.